The molecule has 2 aliphatic heterocycles. The summed E-state index contributed by atoms with van der Waals surface area (Å²) in [6.07, 6.45) is 8.85. The summed E-state index contributed by atoms with van der Waals surface area (Å²) in [4.78, 5) is 2.71. The van der Waals surface area contributed by atoms with Crippen LogP contribution in [0.1, 0.15) is 44.9 Å². The monoisotopic (exact) mass is 280 g/mol. The molecule has 114 valence electrons. The molecule has 2 aliphatic carbocycles. The minimum atomic E-state index is -0.200. The zero-order chi connectivity index (χ0) is 13.4. The van der Waals surface area contributed by atoms with Crippen molar-refractivity contribution in [2.45, 2.75) is 62.8 Å². The third kappa shape index (κ3) is 2.89. The molecular formula is C16H28N2O2. The first-order valence-corrected chi connectivity index (χ1v) is 8.58. The molecule has 1 unspecified atom stereocenters. The lowest BCUT2D eigenvalue weighted by molar-refractivity contribution is -0.179. The smallest absolute Gasteiger partial charge is 0.168 e. The molecule has 0 bridgehead atoms. The first kappa shape index (κ1) is 13.5. The Balaban J connectivity index is 1.17. The van der Waals surface area contributed by atoms with Gasteiger partial charge in [-0.3, -0.25) is 0 Å². The van der Waals surface area contributed by atoms with E-state index in [-0.39, 0.29) is 5.79 Å². The Hall–Kier alpha value is -0.160. The van der Waals surface area contributed by atoms with Gasteiger partial charge in [0.1, 0.15) is 0 Å². The predicted octanol–water partition coefficient (Wildman–Crippen LogP) is 1.75. The van der Waals surface area contributed by atoms with Gasteiger partial charge in [0.15, 0.2) is 5.79 Å². The van der Waals surface area contributed by atoms with Crippen LogP contribution in [0, 0.1) is 5.92 Å². The van der Waals surface area contributed by atoms with E-state index in [1.165, 1.54) is 51.7 Å². The van der Waals surface area contributed by atoms with Crippen molar-refractivity contribution in [1.82, 2.24) is 10.2 Å². The van der Waals surface area contributed by atoms with Gasteiger partial charge in [0, 0.05) is 31.5 Å². The van der Waals surface area contributed by atoms with Gasteiger partial charge in [-0.05, 0) is 51.1 Å². The Morgan fingerprint density at radius 2 is 1.75 bits per heavy atom. The summed E-state index contributed by atoms with van der Waals surface area (Å²) < 4.78 is 11.6. The molecule has 4 rings (SSSR count). The molecule has 2 heterocycles. The van der Waals surface area contributed by atoms with E-state index in [0.29, 0.717) is 6.04 Å². The second-order valence-electron chi connectivity index (χ2n) is 7.17. The van der Waals surface area contributed by atoms with Crippen LogP contribution in [-0.2, 0) is 9.47 Å². The van der Waals surface area contributed by atoms with Crippen molar-refractivity contribution in [2.75, 3.05) is 32.8 Å². The maximum absolute atomic E-state index is 5.80. The summed E-state index contributed by atoms with van der Waals surface area (Å²) >= 11 is 0. The molecule has 4 nitrogen and oxygen atoms in total. The third-order valence-corrected chi connectivity index (χ3v) is 5.64. The molecule has 1 N–H and O–H groups in total. The molecule has 2 saturated heterocycles. The van der Waals surface area contributed by atoms with Gasteiger partial charge in [0.25, 0.3) is 0 Å². The number of likely N-dealkylation sites (tertiary alicyclic amines) is 1. The Morgan fingerprint density at radius 3 is 2.45 bits per heavy atom. The summed E-state index contributed by atoms with van der Waals surface area (Å²) in [7, 11) is 0. The van der Waals surface area contributed by atoms with Crippen molar-refractivity contribution in [3.63, 3.8) is 0 Å². The molecule has 0 aromatic carbocycles. The van der Waals surface area contributed by atoms with E-state index in [1.54, 1.807) is 0 Å². The van der Waals surface area contributed by atoms with Crippen LogP contribution in [0.15, 0.2) is 0 Å². The minimum absolute atomic E-state index is 0.200. The molecule has 4 fully saturated rings. The fraction of sp³-hybridized carbons (Fsp3) is 1.00. The van der Waals surface area contributed by atoms with Crippen LogP contribution in [-0.4, -0.2) is 55.6 Å². The summed E-state index contributed by atoms with van der Waals surface area (Å²) in [6.45, 7) is 5.46. The van der Waals surface area contributed by atoms with E-state index in [1.807, 2.05) is 0 Å². The van der Waals surface area contributed by atoms with Crippen LogP contribution in [0.4, 0.5) is 0 Å². The van der Waals surface area contributed by atoms with Gasteiger partial charge in [-0.1, -0.05) is 0 Å². The quantitative estimate of drug-likeness (QED) is 0.850. The van der Waals surface area contributed by atoms with Gasteiger partial charge in [-0.25, -0.2) is 0 Å². The van der Waals surface area contributed by atoms with Crippen molar-refractivity contribution in [3.05, 3.63) is 0 Å². The number of hydrogen-bond donors (Lipinski definition) is 1. The van der Waals surface area contributed by atoms with Gasteiger partial charge in [-0.2, -0.15) is 0 Å². The number of ether oxygens (including phenoxy) is 2. The molecule has 0 radical (unpaired) electrons. The third-order valence-electron chi connectivity index (χ3n) is 5.64. The van der Waals surface area contributed by atoms with E-state index in [0.717, 1.165) is 38.0 Å². The van der Waals surface area contributed by atoms with Gasteiger partial charge in [0.05, 0.1) is 13.2 Å². The highest BCUT2D eigenvalue weighted by atomic mass is 16.7. The van der Waals surface area contributed by atoms with Crippen molar-refractivity contribution in [2.24, 2.45) is 5.92 Å². The van der Waals surface area contributed by atoms with Gasteiger partial charge in [0.2, 0.25) is 0 Å². The second-order valence-corrected chi connectivity index (χ2v) is 7.17. The van der Waals surface area contributed by atoms with E-state index < -0.39 is 0 Å². The molecule has 1 atom stereocenters. The first-order chi connectivity index (χ1) is 9.83. The Labute approximate surface area is 122 Å². The van der Waals surface area contributed by atoms with Crippen molar-refractivity contribution >= 4 is 0 Å². The maximum atomic E-state index is 5.80. The standard InChI is InChI=1S/C16H28N2O2/c1-2-15(1)18-8-5-13(12-18)11-17-14-3-6-16(7-4-14)19-9-10-20-16/h13-15,17H,1-12H2. The number of rotatable bonds is 4. The average molecular weight is 280 g/mol. The highest BCUT2D eigenvalue weighted by Crippen LogP contribution is 2.36. The fourth-order valence-corrected chi connectivity index (χ4v) is 4.18. The minimum Gasteiger partial charge on any atom is -0.348 e. The van der Waals surface area contributed by atoms with Crippen LogP contribution in [0.5, 0.6) is 0 Å². The lowest BCUT2D eigenvalue weighted by Crippen LogP contribution is -2.43. The molecule has 0 aromatic heterocycles. The van der Waals surface area contributed by atoms with E-state index in [4.69, 9.17) is 9.47 Å². The van der Waals surface area contributed by atoms with Crippen LogP contribution in [0.25, 0.3) is 0 Å². The van der Waals surface area contributed by atoms with Crippen molar-refractivity contribution in [3.8, 4) is 0 Å². The normalized spacial score (nSPS) is 35.1. The lowest BCUT2D eigenvalue weighted by Gasteiger charge is -2.36. The summed E-state index contributed by atoms with van der Waals surface area (Å²) in [5, 5.41) is 3.81. The molecular weight excluding hydrogens is 252 g/mol. The summed E-state index contributed by atoms with van der Waals surface area (Å²) in [6, 6.07) is 1.63. The topological polar surface area (TPSA) is 33.7 Å². The maximum Gasteiger partial charge on any atom is 0.168 e. The van der Waals surface area contributed by atoms with Gasteiger partial charge in [-0.15, -0.1) is 0 Å². The Bertz CT molecular complexity index is 329. The van der Waals surface area contributed by atoms with Gasteiger partial charge < -0.3 is 19.7 Å². The highest BCUT2D eigenvalue weighted by molar-refractivity contribution is 4.91. The largest absolute Gasteiger partial charge is 0.348 e. The number of nitrogens with zero attached hydrogens (tertiary/aromatic N) is 1. The number of nitrogens with one attached hydrogen (secondary N) is 1. The Kier molecular flexibility index (Phi) is 3.75. The molecule has 4 aliphatic rings. The summed E-state index contributed by atoms with van der Waals surface area (Å²) in [5.74, 6) is 0.680. The predicted molar refractivity (Wildman–Crippen MR) is 77.6 cm³/mol. The van der Waals surface area contributed by atoms with Gasteiger partial charge >= 0.3 is 0 Å². The van der Waals surface area contributed by atoms with Crippen molar-refractivity contribution in [1.29, 1.82) is 0 Å². The molecule has 0 amide bonds. The molecule has 1 spiro atoms. The molecule has 0 aromatic rings. The Morgan fingerprint density at radius 1 is 1.00 bits per heavy atom. The average Bonchev–Trinajstić information content (AvgIpc) is 3.05. The molecule has 20 heavy (non-hydrogen) atoms. The molecule has 2 saturated carbocycles. The lowest BCUT2D eigenvalue weighted by atomic mass is 9.89. The van der Waals surface area contributed by atoms with E-state index in [9.17, 15) is 0 Å². The van der Waals surface area contributed by atoms with Crippen LogP contribution >= 0.6 is 0 Å². The zero-order valence-electron chi connectivity index (χ0n) is 12.5. The number of hydrogen-bond acceptors (Lipinski definition) is 4. The van der Waals surface area contributed by atoms with E-state index >= 15 is 0 Å². The summed E-state index contributed by atoms with van der Waals surface area (Å²) in [5.41, 5.74) is 0. The second kappa shape index (κ2) is 5.56. The van der Waals surface area contributed by atoms with E-state index in [2.05, 4.69) is 10.2 Å². The molecule has 4 heteroatoms. The van der Waals surface area contributed by atoms with Crippen LogP contribution in [0.2, 0.25) is 0 Å². The highest BCUT2D eigenvalue weighted by Gasteiger charge is 2.40. The zero-order valence-corrected chi connectivity index (χ0v) is 12.5. The van der Waals surface area contributed by atoms with Crippen LogP contribution < -0.4 is 5.32 Å². The van der Waals surface area contributed by atoms with Crippen LogP contribution in [0.3, 0.4) is 0 Å². The fourth-order valence-electron chi connectivity index (χ4n) is 4.18. The SMILES string of the molecule is C1COC2(CCC(NCC3CCN(C4CC4)C3)CC2)O1. The van der Waals surface area contributed by atoms with Crippen molar-refractivity contribution < 1.29 is 9.47 Å². The first-order valence-electron chi connectivity index (χ1n) is 8.58.